The zero-order valence-electron chi connectivity index (χ0n) is 11.3. The number of likely N-dealkylation sites (tertiary alicyclic amines) is 1. The van der Waals surface area contributed by atoms with Gasteiger partial charge in [0.1, 0.15) is 0 Å². The van der Waals surface area contributed by atoms with Gasteiger partial charge in [0.2, 0.25) is 11.8 Å². The Morgan fingerprint density at radius 3 is 2.45 bits per heavy atom. The quantitative estimate of drug-likeness (QED) is 0.384. The highest BCUT2D eigenvalue weighted by Crippen LogP contribution is 2.18. The molecule has 1 aromatic carbocycles. The fourth-order valence-electron chi connectivity index (χ4n) is 2.47. The average molecular weight is 276 g/mol. The average Bonchev–Trinajstić information content (AvgIpc) is 2.89. The number of nitrogens with one attached hydrogen (secondary N) is 1. The molecule has 1 saturated heterocycles. The van der Waals surface area contributed by atoms with E-state index in [1.807, 2.05) is 24.3 Å². The summed E-state index contributed by atoms with van der Waals surface area (Å²) in [6.07, 6.45) is 1.12. The third kappa shape index (κ3) is 3.79. The Kier molecular flexibility index (Phi) is 4.70. The molecule has 108 valence electrons. The van der Waals surface area contributed by atoms with Gasteiger partial charge in [0.05, 0.1) is 12.3 Å². The first kappa shape index (κ1) is 14.5. The third-order valence-electron chi connectivity index (χ3n) is 3.63. The van der Waals surface area contributed by atoms with Gasteiger partial charge >= 0.3 is 0 Å². The molecule has 0 radical (unpaired) electrons. The molecule has 1 aliphatic heterocycles. The first-order valence-corrected chi connectivity index (χ1v) is 6.67. The zero-order chi connectivity index (χ0) is 14.5. The van der Waals surface area contributed by atoms with Gasteiger partial charge < -0.3 is 5.73 Å². The topological polar surface area (TPSA) is 101 Å². The van der Waals surface area contributed by atoms with E-state index in [9.17, 15) is 9.59 Å². The van der Waals surface area contributed by atoms with Crippen LogP contribution in [0.1, 0.15) is 17.5 Å². The summed E-state index contributed by atoms with van der Waals surface area (Å²) in [5.41, 5.74) is 9.51. The number of amides is 2. The Morgan fingerprint density at radius 2 is 1.90 bits per heavy atom. The lowest BCUT2D eigenvalue weighted by Crippen LogP contribution is -2.31. The maximum atomic E-state index is 11.2. The molecular formula is C14H20N4O2. The Morgan fingerprint density at radius 1 is 1.25 bits per heavy atom. The molecular weight excluding hydrogens is 256 g/mol. The van der Waals surface area contributed by atoms with Crippen molar-refractivity contribution in [1.29, 1.82) is 0 Å². The molecule has 0 saturated carbocycles. The van der Waals surface area contributed by atoms with Crippen molar-refractivity contribution < 1.29 is 9.59 Å². The monoisotopic (exact) mass is 276 g/mol. The van der Waals surface area contributed by atoms with Crippen LogP contribution in [-0.4, -0.2) is 29.8 Å². The van der Waals surface area contributed by atoms with E-state index in [1.54, 1.807) is 0 Å². The number of rotatable bonds is 5. The number of hydrogen-bond donors (Lipinski definition) is 3. The van der Waals surface area contributed by atoms with Gasteiger partial charge in [0.25, 0.3) is 0 Å². The van der Waals surface area contributed by atoms with Gasteiger partial charge in [-0.2, -0.15) is 0 Å². The van der Waals surface area contributed by atoms with Crippen molar-refractivity contribution in [3.05, 3.63) is 35.4 Å². The number of hydrazine groups is 1. The van der Waals surface area contributed by atoms with E-state index in [4.69, 9.17) is 11.6 Å². The molecule has 2 amide bonds. The van der Waals surface area contributed by atoms with Gasteiger partial charge in [0.15, 0.2) is 0 Å². The highest BCUT2D eigenvalue weighted by molar-refractivity contribution is 5.78. The Balaban J connectivity index is 1.88. The number of carbonyl (C=O) groups excluding carboxylic acids is 2. The van der Waals surface area contributed by atoms with Crippen LogP contribution in [0.5, 0.6) is 0 Å². The van der Waals surface area contributed by atoms with Crippen molar-refractivity contribution in [2.75, 3.05) is 13.1 Å². The Labute approximate surface area is 118 Å². The molecule has 1 fully saturated rings. The van der Waals surface area contributed by atoms with E-state index in [0.29, 0.717) is 0 Å². The normalized spacial score (nSPS) is 18.9. The maximum Gasteiger partial charge on any atom is 0.238 e. The summed E-state index contributed by atoms with van der Waals surface area (Å²) in [6.45, 7) is 2.42. The fraction of sp³-hybridized carbons (Fsp3) is 0.429. The molecule has 6 heteroatoms. The molecule has 5 N–H and O–H groups in total. The molecule has 2 rings (SSSR count). The number of primary amides is 1. The second kappa shape index (κ2) is 6.49. The van der Waals surface area contributed by atoms with Gasteiger partial charge in [-0.15, -0.1) is 0 Å². The zero-order valence-corrected chi connectivity index (χ0v) is 11.3. The van der Waals surface area contributed by atoms with Crippen LogP contribution < -0.4 is 17.0 Å². The van der Waals surface area contributed by atoms with Crippen LogP contribution in [0.3, 0.4) is 0 Å². The number of nitrogens with two attached hydrogens (primary N) is 2. The summed E-state index contributed by atoms with van der Waals surface area (Å²) in [4.78, 5) is 24.5. The van der Waals surface area contributed by atoms with Gasteiger partial charge in [-0.25, -0.2) is 5.84 Å². The highest BCUT2D eigenvalue weighted by Gasteiger charge is 2.26. The lowest BCUT2D eigenvalue weighted by atomic mass is 10.1. The summed E-state index contributed by atoms with van der Waals surface area (Å²) in [7, 11) is 0. The second-order valence-corrected chi connectivity index (χ2v) is 5.18. The first-order chi connectivity index (χ1) is 9.58. The minimum absolute atomic E-state index is 0.0254. The fourth-order valence-corrected chi connectivity index (χ4v) is 2.47. The summed E-state index contributed by atoms with van der Waals surface area (Å²) in [5, 5.41) is 0. The molecule has 1 aliphatic rings. The van der Waals surface area contributed by atoms with Crippen LogP contribution in [0.2, 0.25) is 0 Å². The molecule has 1 heterocycles. The van der Waals surface area contributed by atoms with E-state index in [1.165, 1.54) is 0 Å². The van der Waals surface area contributed by atoms with Gasteiger partial charge in [-0.05, 0) is 24.1 Å². The molecule has 6 nitrogen and oxygen atoms in total. The van der Waals surface area contributed by atoms with Crippen molar-refractivity contribution >= 4 is 11.8 Å². The third-order valence-corrected chi connectivity index (χ3v) is 3.63. The number of carbonyl (C=O) groups is 2. The summed E-state index contributed by atoms with van der Waals surface area (Å²) < 4.78 is 0. The summed E-state index contributed by atoms with van der Waals surface area (Å²) in [6, 6.07) is 7.84. The van der Waals surface area contributed by atoms with Crippen LogP contribution in [-0.2, 0) is 22.6 Å². The minimum Gasteiger partial charge on any atom is -0.369 e. The van der Waals surface area contributed by atoms with Crippen molar-refractivity contribution in [2.24, 2.45) is 17.5 Å². The molecule has 0 spiro atoms. The Bertz CT molecular complexity index is 486. The SMILES string of the molecule is NNC(=O)Cc1ccc(CN2CCC(C(N)=O)C2)cc1. The number of nitrogens with zero attached hydrogens (tertiary/aromatic N) is 1. The van der Waals surface area contributed by atoms with Gasteiger partial charge in [0, 0.05) is 13.1 Å². The van der Waals surface area contributed by atoms with Crippen molar-refractivity contribution in [1.82, 2.24) is 10.3 Å². The summed E-state index contributed by atoms with van der Waals surface area (Å²) >= 11 is 0. The van der Waals surface area contributed by atoms with Gasteiger partial charge in [-0.1, -0.05) is 24.3 Å². The van der Waals surface area contributed by atoms with E-state index >= 15 is 0 Å². The van der Waals surface area contributed by atoms with E-state index < -0.39 is 0 Å². The Hall–Kier alpha value is -1.92. The second-order valence-electron chi connectivity index (χ2n) is 5.18. The lowest BCUT2D eigenvalue weighted by molar-refractivity contribution is -0.121. The van der Waals surface area contributed by atoms with E-state index in [2.05, 4.69) is 10.3 Å². The molecule has 1 unspecified atom stereocenters. The van der Waals surface area contributed by atoms with E-state index in [-0.39, 0.29) is 24.2 Å². The molecule has 0 aromatic heterocycles. The first-order valence-electron chi connectivity index (χ1n) is 6.67. The number of hydrogen-bond acceptors (Lipinski definition) is 4. The molecule has 1 atom stereocenters. The van der Waals surface area contributed by atoms with Crippen LogP contribution in [0.25, 0.3) is 0 Å². The predicted octanol–water partition coefficient (Wildman–Crippen LogP) is -0.474. The molecule has 0 aliphatic carbocycles. The highest BCUT2D eigenvalue weighted by atomic mass is 16.2. The van der Waals surface area contributed by atoms with Crippen molar-refractivity contribution in [2.45, 2.75) is 19.4 Å². The van der Waals surface area contributed by atoms with Crippen LogP contribution in [0, 0.1) is 5.92 Å². The van der Waals surface area contributed by atoms with Crippen molar-refractivity contribution in [3.8, 4) is 0 Å². The maximum absolute atomic E-state index is 11.2. The molecule has 20 heavy (non-hydrogen) atoms. The van der Waals surface area contributed by atoms with Crippen molar-refractivity contribution in [3.63, 3.8) is 0 Å². The minimum atomic E-state index is -0.212. The largest absolute Gasteiger partial charge is 0.369 e. The van der Waals surface area contributed by atoms with Crippen LogP contribution in [0.15, 0.2) is 24.3 Å². The summed E-state index contributed by atoms with van der Waals surface area (Å²) in [5.74, 6) is 4.61. The standard InChI is InChI=1S/C14H20N4O2/c15-14(20)12-5-6-18(9-12)8-11-3-1-10(2-4-11)7-13(19)17-16/h1-4,12H,5-9,16H2,(H2,15,20)(H,17,19). The number of benzene rings is 1. The smallest absolute Gasteiger partial charge is 0.238 e. The van der Waals surface area contributed by atoms with Crippen LogP contribution in [0.4, 0.5) is 0 Å². The van der Waals surface area contributed by atoms with E-state index in [0.717, 1.165) is 37.2 Å². The predicted molar refractivity (Wildman–Crippen MR) is 75.1 cm³/mol. The van der Waals surface area contributed by atoms with Gasteiger partial charge in [-0.3, -0.25) is 19.9 Å². The molecule has 1 aromatic rings. The van der Waals surface area contributed by atoms with Crippen LogP contribution >= 0.6 is 0 Å². The molecule has 0 bridgehead atoms. The lowest BCUT2D eigenvalue weighted by Gasteiger charge is -2.15.